The minimum absolute atomic E-state index is 0.115. The van der Waals surface area contributed by atoms with Crippen LogP contribution in [0.15, 0.2) is 10.8 Å². The second kappa shape index (κ2) is 9.49. The Hall–Kier alpha value is -1.41. The van der Waals surface area contributed by atoms with Crippen LogP contribution in [0.3, 0.4) is 0 Å². The first-order chi connectivity index (χ1) is 9.69. The molecule has 0 atom stereocenters. The van der Waals surface area contributed by atoms with Crippen LogP contribution in [0.5, 0.6) is 0 Å². The molecule has 1 aromatic heterocycles. The summed E-state index contributed by atoms with van der Waals surface area (Å²) in [5, 5.41) is 8.86. The monoisotopic (exact) mass is 345 g/mol. The number of nitrogens with one attached hydrogen (secondary N) is 3. The molecule has 1 amide bonds. The van der Waals surface area contributed by atoms with Crippen molar-refractivity contribution in [1.82, 2.24) is 15.3 Å². The summed E-state index contributed by atoms with van der Waals surface area (Å²) in [5.41, 5.74) is 0. The molecule has 0 saturated heterocycles. The lowest BCUT2D eigenvalue weighted by Crippen LogP contribution is -2.32. The number of hydrogen-bond donors (Lipinski definition) is 3. The zero-order valence-electron chi connectivity index (χ0n) is 11.7. The zero-order chi connectivity index (χ0) is 14.8. The SMILES string of the molecule is CCCNc1ncnc(NCC(=O)NCCOC)c1Br. The zero-order valence-corrected chi connectivity index (χ0v) is 13.3. The lowest BCUT2D eigenvalue weighted by atomic mass is 10.4. The minimum atomic E-state index is -0.115. The van der Waals surface area contributed by atoms with E-state index in [4.69, 9.17) is 4.74 Å². The lowest BCUT2D eigenvalue weighted by Gasteiger charge is -2.11. The van der Waals surface area contributed by atoms with Crippen molar-refractivity contribution in [2.75, 3.05) is 44.0 Å². The molecule has 0 aliphatic rings. The summed E-state index contributed by atoms with van der Waals surface area (Å²) in [7, 11) is 1.59. The van der Waals surface area contributed by atoms with Crippen LogP contribution >= 0.6 is 15.9 Å². The van der Waals surface area contributed by atoms with Gasteiger partial charge in [0.1, 0.15) is 22.4 Å². The van der Waals surface area contributed by atoms with Crippen molar-refractivity contribution in [1.29, 1.82) is 0 Å². The molecular formula is C12H20BrN5O2. The fourth-order valence-corrected chi connectivity index (χ4v) is 1.86. The third-order valence-corrected chi connectivity index (χ3v) is 3.13. The van der Waals surface area contributed by atoms with Crippen LogP contribution in [0.2, 0.25) is 0 Å². The number of carbonyl (C=O) groups is 1. The van der Waals surface area contributed by atoms with Gasteiger partial charge in [0.05, 0.1) is 13.2 Å². The van der Waals surface area contributed by atoms with Crippen LogP contribution in [0.1, 0.15) is 13.3 Å². The van der Waals surface area contributed by atoms with Gasteiger partial charge < -0.3 is 20.7 Å². The second-order valence-electron chi connectivity index (χ2n) is 4.01. The number of halogens is 1. The highest BCUT2D eigenvalue weighted by Crippen LogP contribution is 2.26. The molecule has 20 heavy (non-hydrogen) atoms. The Kier molecular flexibility index (Phi) is 7.89. The number of nitrogens with zero attached hydrogens (tertiary/aromatic N) is 2. The van der Waals surface area contributed by atoms with Gasteiger partial charge in [0.25, 0.3) is 0 Å². The third-order valence-electron chi connectivity index (χ3n) is 2.38. The van der Waals surface area contributed by atoms with E-state index in [0.29, 0.717) is 24.8 Å². The Bertz CT molecular complexity index is 430. The average Bonchev–Trinajstić information content (AvgIpc) is 2.45. The van der Waals surface area contributed by atoms with Crippen LogP contribution in [-0.4, -0.2) is 49.2 Å². The van der Waals surface area contributed by atoms with E-state index in [0.717, 1.165) is 17.4 Å². The molecule has 7 nitrogen and oxygen atoms in total. The fourth-order valence-electron chi connectivity index (χ4n) is 1.38. The maximum atomic E-state index is 11.6. The van der Waals surface area contributed by atoms with Crippen molar-refractivity contribution in [3.8, 4) is 0 Å². The predicted octanol–water partition coefficient (Wildman–Crippen LogP) is 1.24. The van der Waals surface area contributed by atoms with Gasteiger partial charge in [-0.2, -0.15) is 0 Å². The fraction of sp³-hybridized carbons (Fsp3) is 0.583. The third kappa shape index (κ3) is 5.70. The molecule has 3 N–H and O–H groups in total. The van der Waals surface area contributed by atoms with Gasteiger partial charge in [0.15, 0.2) is 0 Å². The molecule has 1 heterocycles. The van der Waals surface area contributed by atoms with E-state index in [-0.39, 0.29) is 12.5 Å². The van der Waals surface area contributed by atoms with Gasteiger partial charge in [-0.1, -0.05) is 6.92 Å². The lowest BCUT2D eigenvalue weighted by molar-refractivity contribution is -0.119. The standard InChI is InChI=1S/C12H20BrN5O2/c1-3-4-15-11-10(13)12(18-8-17-11)16-7-9(19)14-5-6-20-2/h8H,3-7H2,1-2H3,(H,14,19)(H2,15,16,17,18). The van der Waals surface area contributed by atoms with Gasteiger partial charge in [-0.05, 0) is 22.4 Å². The maximum absolute atomic E-state index is 11.6. The summed E-state index contributed by atoms with van der Waals surface area (Å²) in [6.07, 6.45) is 2.45. The average molecular weight is 346 g/mol. The largest absolute Gasteiger partial charge is 0.383 e. The first-order valence-electron chi connectivity index (χ1n) is 6.42. The van der Waals surface area contributed by atoms with Crippen molar-refractivity contribution in [3.63, 3.8) is 0 Å². The number of rotatable bonds is 9. The van der Waals surface area contributed by atoms with Crippen LogP contribution in [-0.2, 0) is 9.53 Å². The summed E-state index contributed by atoms with van der Waals surface area (Å²) in [6, 6.07) is 0. The highest BCUT2D eigenvalue weighted by molar-refractivity contribution is 9.10. The number of hydrogen-bond acceptors (Lipinski definition) is 6. The molecule has 0 saturated carbocycles. The Labute approximate surface area is 127 Å². The van der Waals surface area contributed by atoms with E-state index in [2.05, 4.69) is 48.8 Å². The van der Waals surface area contributed by atoms with Crippen LogP contribution < -0.4 is 16.0 Å². The van der Waals surface area contributed by atoms with Crippen LogP contribution in [0, 0.1) is 0 Å². The van der Waals surface area contributed by atoms with E-state index >= 15 is 0 Å². The quantitative estimate of drug-likeness (QED) is 0.583. The van der Waals surface area contributed by atoms with Crippen molar-refractivity contribution in [2.24, 2.45) is 0 Å². The van der Waals surface area contributed by atoms with Gasteiger partial charge in [0.2, 0.25) is 5.91 Å². The number of carbonyl (C=O) groups excluding carboxylic acids is 1. The van der Waals surface area contributed by atoms with Crippen molar-refractivity contribution in [3.05, 3.63) is 10.8 Å². The summed E-state index contributed by atoms with van der Waals surface area (Å²) >= 11 is 3.42. The minimum Gasteiger partial charge on any atom is -0.383 e. The van der Waals surface area contributed by atoms with E-state index in [9.17, 15) is 4.79 Å². The molecule has 8 heteroatoms. The van der Waals surface area contributed by atoms with Gasteiger partial charge in [-0.25, -0.2) is 9.97 Å². The summed E-state index contributed by atoms with van der Waals surface area (Å²) in [6.45, 7) is 4.03. The highest BCUT2D eigenvalue weighted by atomic mass is 79.9. The Morgan fingerprint density at radius 3 is 2.65 bits per heavy atom. The van der Waals surface area contributed by atoms with E-state index in [1.165, 1.54) is 6.33 Å². The molecule has 0 fully saturated rings. The topological polar surface area (TPSA) is 88.2 Å². The molecule has 1 aromatic rings. The Morgan fingerprint density at radius 1 is 1.30 bits per heavy atom. The summed E-state index contributed by atoms with van der Waals surface area (Å²) in [4.78, 5) is 19.8. The first kappa shape index (κ1) is 16.6. The maximum Gasteiger partial charge on any atom is 0.239 e. The van der Waals surface area contributed by atoms with E-state index in [1.54, 1.807) is 7.11 Å². The number of anilines is 2. The molecule has 1 rings (SSSR count). The van der Waals surface area contributed by atoms with Gasteiger partial charge in [0, 0.05) is 20.2 Å². The molecule has 0 radical (unpaired) electrons. The van der Waals surface area contributed by atoms with Crippen molar-refractivity contribution in [2.45, 2.75) is 13.3 Å². The van der Waals surface area contributed by atoms with Crippen LogP contribution in [0.25, 0.3) is 0 Å². The van der Waals surface area contributed by atoms with Gasteiger partial charge in [-0.3, -0.25) is 4.79 Å². The number of methoxy groups -OCH3 is 1. The van der Waals surface area contributed by atoms with Gasteiger partial charge in [-0.15, -0.1) is 0 Å². The predicted molar refractivity (Wildman–Crippen MR) is 81.9 cm³/mol. The molecule has 0 bridgehead atoms. The molecule has 0 aromatic carbocycles. The van der Waals surface area contributed by atoms with E-state index in [1.807, 2.05) is 0 Å². The Balaban J connectivity index is 2.49. The van der Waals surface area contributed by atoms with Crippen molar-refractivity contribution >= 4 is 33.5 Å². The summed E-state index contributed by atoms with van der Waals surface area (Å²) in [5.74, 6) is 1.18. The summed E-state index contributed by atoms with van der Waals surface area (Å²) < 4.78 is 5.58. The molecule has 0 aliphatic carbocycles. The first-order valence-corrected chi connectivity index (χ1v) is 7.22. The molecule has 112 valence electrons. The van der Waals surface area contributed by atoms with Crippen LogP contribution in [0.4, 0.5) is 11.6 Å². The van der Waals surface area contributed by atoms with Gasteiger partial charge >= 0.3 is 0 Å². The highest BCUT2D eigenvalue weighted by Gasteiger charge is 2.09. The second-order valence-corrected chi connectivity index (χ2v) is 4.80. The normalized spacial score (nSPS) is 10.2. The number of aromatic nitrogens is 2. The number of amides is 1. The Morgan fingerprint density at radius 2 is 2.00 bits per heavy atom. The number of ether oxygens (including phenoxy) is 1. The molecule has 0 aliphatic heterocycles. The van der Waals surface area contributed by atoms with Crippen molar-refractivity contribution < 1.29 is 9.53 Å². The van der Waals surface area contributed by atoms with E-state index < -0.39 is 0 Å². The molecular weight excluding hydrogens is 326 g/mol. The molecule has 0 spiro atoms. The smallest absolute Gasteiger partial charge is 0.239 e. The molecule has 0 unspecified atom stereocenters.